The van der Waals surface area contributed by atoms with E-state index >= 15 is 0 Å². The molecule has 0 aliphatic heterocycles. The molecule has 1 unspecified atom stereocenters. The minimum atomic E-state index is -0.253. The smallest absolute Gasteiger partial charge is 0.146 e. The molecule has 1 aromatic carbocycles. The van der Waals surface area contributed by atoms with E-state index in [4.69, 9.17) is 11.6 Å². The molecule has 0 aliphatic rings. The predicted octanol–water partition coefficient (Wildman–Crippen LogP) is 5.80. The predicted molar refractivity (Wildman–Crippen MR) is 85.5 cm³/mol. The number of anilines is 1. The lowest BCUT2D eigenvalue weighted by Gasteiger charge is -2.18. The Morgan fingerprint density at radius 2 is 1.85 bits per heavy atom. The molecule has 0 fully saturated rings. The fourth-order valence-corrected chi connectivity index (χ4v) is 3.95. The van der Waals surface area contributed by atoms with Crippen molar-refractivity contribution in [1.82, 2.24) is 0 Å². The summed E-state index contributed by atoms with van der Waals surface area (Å²) < 4.78 is 14.6. The molecule has 0 saturated heterocycles. The first-order valence-corrected chi connectivity index (χ1v) is 8.11. The summed E-state index contributed by atoms with van der Waals surface area (Å²) in [5, 5.41) is 5.28. The molecule has 1 nitrogen and oxygen atoms in total. The van der Waals surface area contributed by atoms with Gasteiger partial charge in [0, 0.05) is 9.75 Å². The van der Waals surface area contributed by atoms with Crippen LogP contribution in [0.15, 0.2) is 53.9 Å². The number of para-hydroxylation sites is 1. The molecular weight excluding hydrogens is 313 g/mol. The number of hydrogen-bond donors (Lipinski definition) is 1. The maximum Gasteiger partial charge on any atom is 0.146 e. The van der Waals surface area contributed by atoms with Crippen LogP contribution in [0.25, 0.3) is 0 Å². The zero-order valence-electron chi connectivity index (χ0n) is 10.3. The van der Waals surface area contributed by atoms with Crippen molar-refractivity contribution in [2.75, 3.05) is 5.32 Å². The zero-order valence-corrected chi connectivity index (χ0v) is 12.7. The standard InChI is InChI=1S/C15H11ClFNS2/c16-14-8-7-13(20-14)15(12-6-3-9-19-12)18-11-5-2-1-4-10(11)17/h1-9,15,18H. The van der Waals surface area contributed by atoms with E-state index < -0.39 is 0 Å². The van der Waals surface area contributed by atoms with Crippen molar-refractivity contribution in [2.24, 2.45) is 0 Å². The van der Waals surface area contributed by atoms with Crippen LogP contribution in [0.5, 0.6) is 0 Å². The average Bonchev–Trinajstić information content (AvgIpc) is 3.09. The number of halogens is 2. The minimum Gasteiger partial charge on any atom is -0.370 e. The van der Waals surface area contributed by atoms with Gasteiger partial charge in [-0.05, 0) is 35.7 Å². The van der Waals surface area contributed by atoms with E-state index in [0.29, 0.717) is 5.69 Å². The second-order valence-corrected chi connectivity index (χ2v) is 6.94. The largest absolute Gasteiger partial charge is 0.370 e. The van der Waals surface area contributed by atoms with Gasteiger partial charge in [-0.1, -0.05) is 29.8 Å². The van der Waals surface area contributed by atoms with Crippen molar-refractivity contribution in [3.05, 3.63) is 73.8 Å². The molecule has 3 rings (SSSR count). The van der Waals surface area contributed by atoms with Crippen LogP contribution in [0.2, 0.25) is 4.34 Å². The molecule has 102 valence electrons. The Bertz CT molecular complexity index is 693. The highest BCUT2D eigenvalue weighted by Crippen LogP contribution is 2.35. The average molecular weight is 324 g/mol. The van der Waals surface area contributed by atoms with Crippen LogP contribution in [0.1, 0.15) is 15.8 Å². The van der Waals surface area contributed by atoms with Gasteiger partial charge in [0.15, 0.2) is 0 Å². The van der Waals surface area contributed by atoms with Crippen molar-refractivity contribution < 1.29 is 4.39 Å². The van der Waals surface area contributed by atoms with Gasteiger partial charge in [-0.15, -0.1) is 22.7 Å². The number of benzene rings is 1. The Morgan fingerprint density at radius 3 is 2.50 bits per heavy atom. The summed E-state index contributed by atoms with van der Waals surface area (Å²) in [6, 6.07) is 14.5. The summed E-state index contributed by atoms with van der Waals surface area (Å²) in [4.78, 5) is 2.20. The molecule has 0 spiro atoms. The van der Waals surface area contributed by atoms with Crippen molar-refractivity contribution in [2.45, 2.75) is 6.04 Å². The van der Waals surface area contributed by atoms with Gasteiger partial charge in [0.05, 0.1) is 16.1 Å². The second kappa shape index (κ2) is 5.95. The van der Waals surface area contributed by atoms with E-state index in [2.05, 4.69) is 5.32 Å². The molecule has 5 heteroatoms. The van der Waals surface area contributed by atoms with Gasteiger partial charge in [-0.25, -0.2) is 4.39 Å². The highest BCUT2D eigenvalue weighted by Gasteiger charge is 2.18. The van der Waals surface area contributed by atoms with Crippen LogP contribution in [-0.2, 0) is 0 Å². The fourth-order valence-electron chi connectivity index (χ4n) is 1.96. The van der Waals surface area contributed by atoms with Crippen molar-refractivity contribution in [1.29, 1.82) is 0 Å². The van der Waals surface area contributed by atoms with Gasteiger partial charge in [0.1, 0.15) is 5.82 Å². The van der Waals surface area contributed by atoms with E-state index in [9.17, 15) is 4.39 Å². The van der Waals surface area contributed by atoms with Crippen LogP contribution >= 0.6 is 34.3 Å². The van der Waals surface area contributed by atoms with Gasteiger partial charge in [-0.2, -0.15) is 0 Å². The maximum absolute atomic E-state index is 13.8. The second-order valence-electron chi connectivity index (χ2n) is 4.21. The van der Waals surface area contributed by atoms with E-state index in [1.54, 1.807) is 23.5 Å². The normalized spacial score (nSPS) is 12.3. The molecule has 3 aromatic rings. The third-order valence-electron chi connectivity index (χ3n) is 2.88. The van der Waals surface area contributed by atoms with Crippen LogP contribution < -0.4 is 5.32 Å². The Labute approximate surface area is 129 Å². The number of rotatable bonds is 4. The third-order valence-corrected chi connectivity index (χ3v) is 5.11. The number of thiophene rings is 2. The Balaban J connectivity index is 1.97. The van der Waals surface area contributed by atoms with Crippen LogP contribution in [-0.4, -0.2) is 0 Å². The lowest BCUT2D eigenvalue weighted by atomic mass is 10.2. The van der Waals surface area contributed by atoms with Gasteiger partial charge in [-0.3, -0.25) is 0 Å². The third kappa shape index (κ3) is 2.87. The summed E-state index contributed by atoms with van der Waals surface area (Å²) in [6.07, 6.45) is 0. The van der Waals surface area contributed by atoms with Crippen molar-refractivity contribution >= 4 is 40.0 Å². The molecule has 0 amide bonds. The van der Waals surface area contributed by atoms with Crippen molar-refractivity contribution in [3.63, 3.8) is 0 Å². The highest BCUT2D eigenvalue weighted by atomic mass is 35.5. The molecule has 1 atom stereocenters. The van der Waals surface area contributed by atoms with E-state index in [-0.39, 0.29) is 11.9 Å². The van der Waals surface area contributed by atoms with Crippen molar-refractivity contribution in [3.8, 4) is 0 Å². The molecule has 2 aromatic heterocycles. The Hall–Kier alpha value is -1.36. The summed E-state index contributed by atoms with van der Waals surface area (Å²) in [6.45, 7) is 0. The molecule has 0 aliphatic carbocycles. The zero-order chi connectivity index (χ0) is 13.9. The first-order valence-electron chi connectivity index (χ1n) is 6.04. The van der Waals surface area contributed by atoms with Crippen LogP contribution in [0.3, 0.4) is 0 Å². The first kappa shape index (κ1) is 13.6. The molecule has 0 radical (unpaired) electrons. The van der Waals surface area contributed by atoms with Gasteiger partial charge in [0.25, 0.3) is 0 Å². The van der Waals surface area contributed by atoms with E-state index in [0.717, 1.165) is 14.1 Å². The molecular formula is C15H11ClFNS2. The van der Waals surface area contributed by atoms with E-state index in [1.807, 2.05) is 35.7 Å². The molecule has 0 bridgehead atoms. The number of hydrogen-bond acceptors (Lipinski definition) is 3. The molecule has 20 heavy (non-hydrogen) atoms. The van der Waals surface area contributed by atoms with Gasteiger partial charge < -0.3 is 5.32 Å². The molecule has 2 heterocycles. The lowest BCUT2D eigenvalue weighted by molar-refractivity contribution is 0.629. The topological polar surface area (TPSA) is 12.0 Å². The first-order chi connectivity index (χ1) is 9.74. The lowest BCUT2D eigenvalue weighted by Crippen LogP contribution is -2.10. The SMILES string of the molecule is Fc1ccccc1NC(c1cccs1)c1ccc(Cl)s1. The quantitative estimate of drug-likeness (QED) is 0.639. The summed E-state index contributed by atoms with van der Waals surface area (Å²) in [7, 11) is 0. The monoisotopic (exact) mass is 323 g/mol. The maximum atomic E-state index is 13.8. The van der Waals surface area contributed by atoms with Crippen LogP contribution in [0, 0.1) is 5.82 Å². The highest BCUT2D eigenvalue weighted by molar-refractivity contribution is 7.16. The molecule has 0 saturated carbocycles. The summed E-state index contributed by atoms with van der Waals surface area (Å²) in [5.41, 5.74) is 0.496. The summed E-state index contributed by atoms with van der Waals surface area (Å²) in [5.74, 6) is -0.253. The van der Waals surface area contributed by atoms with Gasteiger partial charge >= 0.3 is 0 Å². The van der Waals surface area contributed by atoms with Gasteiger partial charge in [0.2, 0.25) is 0 Å². The van der Waals surface area contributed by atoms with Crippen LogP contribution in [0.4, 0.5) is 10.1 Å². The minimum absolute atomic E-state index is 0.0793. The Morgan fingerprint density at radius 1 is 1.00 bits per heavy atom. The Kier molecular flexibility index (Phi) is 4.05. The molecule has 1 N–H and O–H groups in total. The fraction of sp³-hybridized carbons (Fsp3) is 0.0667. The summed E-state index contributed by atoms with van der Waals surface area (Å²) >= 11 is 9.17. The van der Waals surface area contributed by atoms with E-state index in [1.165, 1.54) is 17.4 Å². The number of nitrogens with one attached hydrogen (secondary N) is 1.